The SMILES string of the molecule is CCOC(=O)C1=C(c2ccccc2)N=c2s/c(=C/c3ccccc3OCc3ccc([N+](=O)[O-])cc3)c(=O)n2[C@H]1c1ccc(F)cc1. The number of hydrogen-bond acceptors (Lipinski definition) is 8. The predicted octanol–water partition coefficient (Wildman–Crippen LogP) is 5.56. The van der Waals surface area contributed by atoms with Crippen LogP contribution in [-0.4, -0.2) is 22.1 Å². The van der Waals surface area contributed by atoms with Gasteiger partial charge in [-0.25, -0.2) is 14.2 Å². The van der Waals surface area contributed by atoms with E-state index in [4.69, 9.17) is 14.5 Å². The zero-order chi connectivity index (χ0) is 32.2. The summed E-state index contributed by atoms with van der Waals surface area (Å²) in [4.78, 5) is 43.4. The monoisotopic (exact) mass is 635 g/mol. The summed E-state index contributed by atoms with van der Waals surface area (Å²) in [7, 11) is 0. The third kappa shape index (κ3) is 6.13. The van der Waals surface area contributed by atoms with E-state index in [1.807, 2.05) is 36.4 Å². The van der Waals surface area contributed by atoms with Crippen molar-refractivity contribution >= 4 is 34.8 Å². The maximum atomic E-state index is 14.2. The van der Waals surface area contributed by atoms with Crippen LogP contribution in [0.4, 0.5) is 10.1 Å². The Balaban J connectivity index is 1.48. The van der Waals surface area contributed by atoms with Crippen LogP contribution in [0.25, 0.3) is 11.8 Å². The minimum Gasteiger partial charge on any atom is -0.488 e. The lowest BCUT2D eigenvalue weighted by molar-refractivity contribution is -0.384. The fraction of sp³-hybridized carbons (Fsp3) is 0.114. The van der Waals surface area contributed by atoms with Crippen LogP contribution >= 0.6 is 11.3 Å². The molecule has 0 saturated heterocycles. The van der Waals surface area contributed by atoms with Gasteiger partial charge in [-0.15, -0.1) is 0 Å². The molecule has 0 aliphatic carbocycles. The van der Waals surface area contributed by atoms with E-state index < -0.39 is 28.3 Å². The number of nitrogens with zero attached hydrogens (tertiary/aromatic N) is 3. The van der Waals surface area contributed by atoms with Gasteiger partial charge in [0.15, 0.2) is 4.80 Å². The first-order chi connectivity index (χ1) is 22.3. The molecule has 1 aliphatic heterocycles. The number of fused-ring (bicyclic) bond motifs is 1. The molecule has 11 heteroatoms. The van der Waals surface area contributed by atoms with Gasteiger partial charge in [-0.3, -0.25) is 19.5 Å². The molecule has 0 N–H and O–H groups in total. The van der Waals surface area contributed by atoms with Crippen molar-refractivity contribution in [3.8, 4) is 5.75 Å². The van der Waals surface area contributed by atoms with E-state index in [9.17, 15) is 24.1 Å². The van der Waals surface area contributed by atoms with Gasteiger partial charge in [-0.2, -0.15) is 0 Å². The lowest BCUT2D eigenvalue weighted by Gasteiger charge is -2.25. The largest absolute Gasteiger partial charge is 0.488 e. The minimum absolute atomic E-state index is 0.0139. The van der Waals surface area contributed by atoms with Gasteiger partial charge in [0.2, 0.25) is 0 Å². The highest BCUT2D eigenvalue weighted by atomic mass is 32.1. The number of benzene rings is 4. The van der Waals surface area contributed by atoms with Crippen LogP contribution in [0.2, 0.25) is 0 Å². The molecule has 1 aliphatic rings. The van der Waals surface area contributed by atoms with Crippen molar-refractivity contribution in [2.75, 3.05) is 6.61 Å². The topological polar surface area (TPSA) is 113 Å². The van der Waals surface area contributed by atoms with Crippen LogP contribution in [0.1, 0.15) is 35.2 Å². The Morgan fingerprint density at radius 1 is 1.00 bits per heavy atom. The first kappa shape index (κ1) is 30.4. The van der Waals surface area contributed by atoms with E-state index in [1.165, 1.54) is 28.8 Å². The van der Waals surface area contributed by atoms with E-state index in [2.05, 4.69) is 0 Å². The molecule has 5 aromatic rings. The third-order valence-electron chi connectivity index (χ3n) is 7.31. The number of thiazole rings is 1. The highest BCUT2D eigenvalue weighted by Gasteiger charge is 2.35. The molecular weight excluding hydrogens is 609 g/mol. The Labute approximate surface area is 266 Å². The normalized spacial score (nSPS) is 14.4. The van der Waals surface area contributed by atoms with Gasteiger partial charge < -0.3 is 9.47 Å². The smallest absolute Gasteiger partial charge is 0.338 e. The van der Waals surface area contributed by atoms with Crippen molar-refractivity contribution < 1.29 is 23.6 Å². The van der Waals surface area contributed by atoms with E-state index in [-0.39, 0.29) is 24.5 Å². The summed E-state index contributed by atoms with van der Waals surface area (Å²) >= 11 is 1.16. The molecule has 2 heterocycles. The number of non-ortho nitro benzene ring substituents is 1. The fourth-order valence-electron chi connectivity index (χ4n) is 5.15. The van der Waals surface area contributed by atoms with Gasteiger partial charge in [0.1, 0.15) is 18.2 Å². The first-order valence-electron chi connectivity index (χ1n) is 14.3. The second-order valence-corrected chi connectivity index (χ2v) is 11.2. The molecule has 6 rings (SSSR count). The summed E-state index contributed by atoms with van der Waals surface area (Å²) in [5, 5.41) is 11.0. The number of carbonyl (C=O) groups is 1. The summed E-state index contributed by atoms with van der Waals surface area (Å²) in [6.07, 6.45) is 1.70. The Bertz CT molecular complexity index is 2140. The second kappa shape index (κ2) is 13.1. The van der Waals surface area contributed by atoms with Gasteiger partial charge in [-0.1, -0.05) is 72.0 Å². The van der Waals surface area contributed by atoms with Crippen molar-refractivity contribution in [2.45, 2.75) is 19.6 Å². The average molecular weight is 636 g/mol. The van der Waals surface area contributed by atoms with Crippen LogP contribution < -0.4 is 19.6 Å². The summed E-state index contributed by atoms with van der Waals surface area (Å²) in [5.41, 5.74) is 2.68. The fourth-order valence-corrected chi connectivity index (χ4v) is 6.14. The molecule has 0 radical (unpaired) electrons. The van der Waals surface area contributed by atoms with Crippen molar-refractivity contribution in [3.05, 3.63) is 167 Å². The molecular formula is C35H26FN3O6S. The summed E-state index contributed by atoms with van der Waals surface area (Å²) in [6.45, 7) is 1.96. The number of para-hydroxylation sites is 1. The van der Waals surface area contributed by atoms with Crippen molar-refractivity contribution in [2.24, 2.45) is 4.99 Å². The third-order valence-corrected chi connectivity index (χ3v) is 8.29. The van der Waals surface area contributed by atoms with E-state index in [0.717, 1.165) is 16.9 Å². The number of carbonyl (C=O) groups excluding carboxylic acids is 1. The van der Waals surface area contributed by atoms with Crippen LogP contribution in [0.5, 0.6) is 5.75 Å². The molecule has 0 unspecified atom stereocenters. The van der Waals surface area contributed by atoms with Crippen molar-refractivity contribution in [3.63, 3.8) is 0 Å². The van der Waals surface area contributed by atoms with E-state index in [0.29, 0.717) is 37.5 Å². The number of esters is 1. The molecule has 0 bridgehead atoms. The summed E-state index contributed by atoms with van der Waals surface area (Å²) in [6, 6.07) is 27.2. The second-order valence-electron chi connectivity index (χ2n) is 10.2. The summed E-state index contributed by atoms with van der Waals surface area (Å²) < 4.78 is 27.3. The number of nitro benzene ring substituents is 1. The van der Waals surface area contributed by atoms with Gasteiger partial charge in [-0.05, 0) is 54.5 Å². The van der Waals surface area contributed by atoms with Gasteiger partial charge in [0.25, 0.3) is 11.2 Å². The van der Waals surface area contributed by atoms with Crippen LogP contribution in [-0.2, 0) is 16.1 Å². The highest BCUT2D eigenvalue weighted by Crippen LogP contribution is 2.35. The molecule has 1 atom stereocenters. The molecule has 0 fully saturated rings. The lowest BCUT2D eigenvalue weighted by atomic mass is 9.93. The molecule has 4 aromatic carbocycles. The Hall–Kier alpha value is -5.68. The van der Waals surface area contributed by atoms with Gasteiger partial charge in [0, 0.05) is 23.3 Å². The number of halogens is 1. The zero-order valence-corrected chi connectivity index (χ0v) is 25.3. The van der Waals surface area contributed by atoms with Crippen molar-refractivity contribution in [1.82, 2.24) is 4.57 Å². The molecule has 0 saturated carbocycles. The zero-order valence-electron chi connectivity index (χ0n) is 24.5. The van der Waals surface area contributed by atoms with Crippen LogP contribution in [0, 0.1) is 15.9 Å². The molecule has 46 heavy (non-hydrogen) atoms. The molecule has 230 valence electrons. The predicted molar refractivity (Wildman–Crippen MR) is 171 cm³/mol. The van der Waals surface area contributed by atoms with Crippen LogP contribution in [0.3, 0.4) is 0 Å². The Morgan fingerprint density at radius 2 is 1.70 bits per heavy atom. The maximum Gasteiger partial charge on any atom is 0.338 e. The molecule has 1 aromatic heterocycles. The standard InChI is InChI=1S/C35H26FN3O6S/c1-2-44-34(41)30-31(23-8-4-3-5-9-23)37-35-38(32(30)24-14-16-26(36)17-15-24)33(40)29(46-35)20-25-10-6-7-11-28(25)45-21-22-12-18-27(19-13-22)39(42)43/h3-20,32H,2,21H2,1H3/b29-20+/t32-/m0/s1. The highest BCUT2D eigenvalue weighted by molar-refractivity contribution is 7.07. The first-order valence-corrected chi connectivity index (χ1v) is 15.1. The quantitative estimate of drug-likeness (QED) is 0.119. The molecule has 0 amide bonds. The maximum absolute atomic E-state index is 14.2. The number of rotatable bonds is 9. The lowest BCUT2D eigenvalue weighted by Crippen LogP contribution is -2.40. The number of nitro groups is 1. The summed E-state index contributed by atoms with van der Waals surface area (Å²) in [5.74, 6) is -0.580. The molecule has 0 spiro atoms. The van der Waals surface area contributed by atoms with Crippen LogP contribution in [0.15, 0.2) is 118 Å². The Kier molecular flexibility index (Phi) is 8.66. The molecule has 9 nitrogen and oxygen atoms in total. The minimum atomic E-state index is -0.929. The number of aromatic nitrogens is 1. The number of hydrogen-bond donors (Lipinski definition) is 0. The van der Waals surface area contributed by atoms with Gasteiger partial charge >= 0.3 is 5.97 Å². The van der Waals surface area contributed by atoms with E-state index in [1.54, 1.807) is 55.5 Å². The van der Waals surface area contributed by atoms with Gasteiger partial charge in [0.05, 0.1) is 33.4 Å². The Morgan fingerprint density at radius 3 is 2.39 bits per heavy atom. The number of ether oxygens (including phenoxy) is 2. The van der Waals surface area contributed by atoms with E-state index >= 15 is 0 Å². The van der Waals surface area contributed by atoms with Crippen molar-refractivity contribution in [1.29, 1.82) is 0 Å². The average Bonchev–Trinajstić information content (AvgIpc) is 3.38.